The van der Waals surface area contributed by atoms with Gasteiger partial charge in [-0.1, -0.05) is 42.5 Å². The molecule has 1 aliphatic heterocycles. The Morgan fingerprint density at radius 3 is 2.62 bits per heavy atom. The van der Waals surface area contributed by atoms with E-state index in [9.17, 15) is 10.1 Å². The highest BCUT2D eigenvalue weighted by molar-refractivity contribution is 5.91. The topological polar surface area (TPSA) is 86.2 Å². The molecular formula is C26H26N4O2. The Hall–Kier alpha value is -3.98. The van der Waals surface area contributed by atoms with E-state index in [2.05, 4.69) is 46.3 Å². The van der Waals surface area contributed by atoms with Crippen LogP contribution in [0, 0.1) is 17.2 Å². The van der Waals surface area contributed by atoms with Crippen LogP contribution in [0.15, 0.2) is 66.7 Å². The number of amides is 1. The Morgan fingerprint density at radius 2 is 1.91 bits per heavy atom. The second-order valence-electron chi connectivity index (χ2n) is 7.74. The Balaban J connectivity index is 1.71. The molecular weight excluding hydrogens is 400 g/mol. The molecule has 0 spiro atoms. The summed E-state index contributed by atoms with van der Waals surface area (Å²) < 4.78 is 5.74. The molecule has 2 atom stereocenters. The molecule has 0 aromatic heterocycles. The van der Waals surface area contributed by atoms with Gasteiger partial charge in [-0.2, -0.15) is 5.26 Å². The fourth-order valence-electron chi connectivity index (χ4n) is 4.02. The third-order valence-electron chi connectivity index (χ3n) is 5.47. The zero-order valence-electron chi connectivity index (χ0n) is 18.2. The van der Waals surface area contributed by atoms with Crippen LogP contribution in [0.1, 0.15) is 25.5 Å². The summed E-state index contributed by atoms with van der Waals surface area (Å²) in [5.41, 5.74) is 5.57. The lowest BCUT2D eigenvalue weighted by Crippen LogP contribution is -2.31. The van der Waals surface area contributed by atoms with Crippen LogP contribution >= 0.6 is 0 Å². The van der Waals surface area contributed by atoms with Gasteiger partial charge in [-0.05, 0) is 36.2 Å². The predicted molar refractivity (Wildman–Crippen MR) is 128 cm³/mol. The van der Waals surface area contributed by atoms with Crippen LogP contribution in [-0.4, -0.2) is 19.1 Å². The van der Waals surface area contributed by atoms with Gasteiger partial charge in [0.05, 0.1) is 30.3 Å². The van der Waals surface area contributed by atoms with Crippen LogP contribution in [0.4, 0.5) is 17.1 Å². The number of nitrogens with one attached hydrogen (secondary N) is 3. The van der Waals surface area contributed by atoms with Gasteiger partial charge in [-0.15, -0.1) is 0 Å². The average molecular weight is 427 g/mol. The lowest BCUT2D eigenvalue weighted by Gasteiger charge is -2.33. The van der Waals surface area contributed by atoms with Gasteiger partial charge in [-0.3, -0.25) is 4.79 Å². The van der Waals surface area contributed by atoms with Gasteiger partial charge in [0.1, 0.15) is 5.75 Å². The summed E-state index contributed by atoms with van der Waals surface area (Å²) in [6.45, 7) is 4.38. The highest BCUT2D eigenvalue weighted by atomic mass is 16.5. The zero-order valence-corrected chi connectivity index (χ0v) is 18.2. The fourth-order valence-corrected chi connectivity index (χ4v) is 4.02. The third kappa shape index (κ3) is 4.52. The molecule has 6 nitrogen and oxygen atoms in total. The van der Waals surface area contributed by atoms with E-state index < -0.39 is 0 Å². The van der Waals surface area contributed by atoms with Gasteiger partial charge >= 0.3 is 0 Å². The lowest BCUT2D eigenvalue weighted by atomic mass is 9.88. The number of hydrogen-bond acceptors (Lipinski definition) is 5. The minimum Gasteiger partial charge on any atom is -0.492 e. The maximum Gasteiger partial charge on any atom is 0.221 e. The summed E-state index contributed by atoms with van der Waals surface area (Å²) in [4.78, 5) is 11.8. The number of benzene rings is 3. The van der Waals surface area contributed by atoms with Crippen LogP contribution in [0.3, 0.4) is 0 Å². The third-order valence-corrected chi connectivity index (χ3v) is 5.47. The smallest absolute Gasteiger partial charge is 0.221 e. The largest absolute Gasteiger partial charge is 0.492 e. The highest BCUT2D eigenvalue weighted by Gasteiger charge is 2.31. The molecule has 6 heteroatoms. The average Bonchev–Trinajstić information content (AvgIpc) is 2.80. The van der Waals surface area contributed by atoms with Gasteiger partial charge in [0.15, 0.2) is 0 Å². The molecule has 0 fully saturated rings. The highest BCUT2D eigenvalue weighted by Crippen LogP contribution is 2.41. The number of anilines is 3. The molecule has 0 bridgehead atoms. The van der Waals surface area contributed by atoms with Gasteiger partial charge in [0, 0.05) is 36.5 Å². The Kier molecular flexibility index (Phi) is 6.27. The van der Waals surface area contributed by atoms with Crippen LogP contribution in [-0.2, 0) is 4.79 Å². The van der Waals surface area contributed by atoms with Gasteiger partial charge < -0.3 is 20.7 Å². The van der Waals surface area contributed by atoms with E-state index in [1.807, 2.05) is 49.4 Å². The SMILES string of the molecule is CCOc1cc2c(cc1NC(C)=O)C(Nc1cccc(-c3ccccc3)c1)C(C#N)CN2. The summed E-state index contributed by atoms with van der Waals surface area (Å²) in [7, 11) is 0. The van der Waals surface area contributed by atoms with Gasteiger partial charge in [0.2, 0.25) is 5.91 Å². The van der Waals surface area contributed by atoms with Crippen LogP contribution in [0.25, 0.3) is 11.1 Å². The van der Waals surface area contributed by atoms with Crippen molar-refractivity contribution >= 4 is 23.0 Å². The maximum absolute atomic E-state index is 11.8. The standard InChI is InChI=1S/C26H26N4O2/c1-3-32-25-14-23-22(13-24(25)29-17(2)31)26(20(15-27)16-28-23)30-21-11-7-10-19(12-21)18-8-5-4-6-9-18/h4-14,20,26,28,30H,3,16H2,1-2H3,(H,29,31). The van der Waals surface area contributed by atoms with Crippen molar-refractivity contribution in [1.82, 2.24) is 0 Å². The van der Waals surface area contributed by atoms with Crippen molar-refractivity contribution in [3.05, 3.63) is 72.3 Å². The number of ether oxygens (including phenoxy) is 1. The van der Waals surface area contributed by atoms with Crippen molar-refractivity contribution in [2.45, 2.75) is 19.9 Å². The van der Waals surface area contributed by atoms with E-state index >= 15 is 0 Å². The summed E-state index contributed by atoms with van der Waals surface area (Å²) in [6.07, 6.45) is 0. The Bertz CT molecular complexity index is 1150. The molecule has 162 valence electrons. The summed E-state index contributed by atoms with van der Waals surface area (Å²) in [5, 5.41) is 19.6. The molecule has 4 rings (SSSR count). The van der Waals surface area contributed by atoms with Crippen molar-refractivity contribution in [2.75, 3.05) is 29.1 Å². The molecule has 3 aromatic carbocycles. The minimum absolute atomic E-state index is 0.174. The quantitative estimate of drug-likeness (QED) is 0.489. The van der Waals surface area contributed by atoms with E-state index in [1.54, 1.807) is 0 Å². The van der Waals surface area contributed by atoms with E-state index in [0.29, 0.717) is 24.6 Å². The predicted octanol–water partition coefficient (Wildman–Crippen LogP) is 5.43. The van der Waals surface area contributed by atoms with Crippen molar-refractivity contribution < 1.29 is 9.53 Å². The molecule has 0 saturated carbocycles. The molecule has 0 saturated heterocycles. The van der Waals surface area contributed by atoms with E-state index in [4.69, 9.17) is 4.74 Å². The molecule has 3 aromatic rings. The van der Waals surface area contributed by atoms with E-state index in [1.165, 1.54) is 6.92 Å². The first-order valence-corrected chi connectivity index (χ1v) is 10.7. The molecule has 32 heavy (non-hydrogen) atoms. The molecule has 1 amide bonds. The number of carbonyl (C=O) groups excluding carboxylic acids is 1. The molecule has 1 aliphatic rings. The van der Waals surface area contributed by atoms with Gasteiger partial charge in [0.25, 0.3) is 0 Å². The molecule has 2 unspecified atom stereocenters. The Morgan fingerprint density at radius 1 is 1.12 bits per heavy atom. The van der Waals surface area contributed by atoms with Gasteiger partial charge in [-0.25, -0.2) is 0 Å². The minimum atomic E-state index is -0.286. The van der Waals surface area contributed by atoms with Crippen LogP contribution < -0.4 is 20.7 Å². The number of fused-ring (bicyclic) bond motifs is 1. The number of nitriles is 1. The van der Waals surface area contributed by atoms with Crippen molar-refractivity contribution in [2.24, 2.45) is 5.92 Å². The first-order valence-electron chi connectivity index (χ1n) is 10.7. The normalized spacial score (nSPS) is 16.8. The second kappa shape index (κ2) is 9.44. The molecule has 0 radical (unpaired) electrons. The second-order valence-corrected chi connectivity index (χ2v) is 7.74. The zero-order chi connectivity index (χ0) is 22.5. The number of carbonyl (C=O) groups is 1. The van der Waals surface area contributed by atoms with E-state index in [0.717, 1.165) is 28.1 Å². The van der Waals surface area contributed by atoms with Crippen LogP contribution in [0.5, 0.6) is 5.75 Å². The van der Waals surface area contributed by atoms with E-state index in [-0.39, 0.29) is 17.9 Å². The maximum atomic E-state index is 11.8. The van der Waals surface area contributed by atoms with Crippen molar-refractivity contribution in [3.63, 3.8) is 0 Å². The van der Waals surface area contributed by atoms with Crippen molar-refractivity contribution in [1.29, 1.82) is 5.26 Å². The number of rotatable bonds is 6. The first-order chi connectivity index (χ1) is 15.6. The lowest BCUT2D eigenvalue weighted by molar-refractivity contribution is -0.114. The summed E-state index contributed by atoms with van der Waals surface area (Å²) >= 11 is 0. The number of hydrogen-bond donors (Lipinski definition) is 3. The summed E-state index contributed by atoms with van der Waals surface area (Å²) in [5.74, 6) is 0.145. The molecule has 0 aliphatic carbocycles. The molecule has 3 N–H and O–H groups in total. The first kappa shape index (κ1) is 21.3. The number of nitrogens with zero attached hydrogens (tertiary/aromatic N) is 1. The summed E-state index contributed by atoms with van der Waals surface area (Å²) in [6, 6.07) is 24.3. The monoisotopic (exact) mass is 426 g/mol. The molecule has 1 heterocycles. The van der Waals surface area contributed by atoms with Crippen LogP contribution in [0.2, 0.25) is 0 Å². The fraction of sp³-hybridized carbons (Fsp3) is 0.231. The Labute approximate surface area is 188 Å². The van der Waals surface area contributed by atoms with Crippen molar-refractivity contribution in [3.8, 4) is 22.9 Å².